The highest BCUT2D eigenvalue weighted by molar-refractivity contribution is 7.15. The summed E-state index contributed by atoms with van der Waals surface area (Å²) in [5, 5.41) is 1.09. The summed E-state index contributed by atoms with van der Waals surface area (Å²) >= 11 is 1.80. The summed E-state index contributed by atoms with van der Waals surface area (Å²) in [4.78, 5) is 8.37. The van der Waals surface area contributed by atoms with Crippen LogP contribution in [0.2, 0.25) is 0 Å². The Kier molecular flexibility index (Phi) is 3.76. The molecule has 0 aliphatic heterocycles. The number of hydrogen-bond donors (Lipinski definition) is 1. The van der Waals surface area contributed by atoms with E-state index in [0.717, 1.165) is 30.2 Å². The summed E-state index contributed by atoms with van der Waals surface area (Å²) < 4.78 is 0. The van der Waals surface area contributed by atoms with Crippen molar-refractivity contribution in [3.8, 4) is 0 Å². The van der Waals surface area contributed by atoms with Crippen molar-refractivity contribution < 1.29 is 0 Å². The van der Waals surface area contributed by atoms with E-state index in [9.17, 15) is 0 Å². The van der Waals surface area contributed by atoms with Gasteiger partial charge in [-0.15, -0.1) is 11.3 Å². The molecule has 1 unspecified atom stereocenters. The van der Waals surface area contributed by atoms with Crippen LogP contribution in [0.5, 0.6) is 0 Å². The van der Waals surface area contributed by atoms with E-state index in [-0.39, 0.29) is 6.04 Å². The van der Waals surface area contributed by atoms with Crippen molar-refractivity contribution in [2.45, 2.75) is 38.8 Å². The van der Waals surface area contributed by atoms with Gasteiger partial charge in [-0.2, -0.15) is 0 Å². The molecule has 20 heavy (non-hydrogen) atoms. The highest BCUT2D eigenvalue weighted by atomic mass is 32.1. The minimum Gasteiger partial charge on any atom is -0.347 e. The van der Waals surface area contributed by atoms with Gasteiger partial charge in [-0.25, -0.2) is 4.98 Å². The molecule has 0 saturated heterocycles. The van der Waals surface area contributed by atoms with Crippen molar-refractivity contribution in [1.82, 2.24) is 4.98 Å². The first-order chi connectivity index (χ1) is 9.63. The normalized spacial score (nSPS) is 17.9. The number of thiazole rings is 1. The highest BCUT2D eigenvalue weighted by Gasteiger charge is 2.22. The summed E-state index contributed by atoms with van der Waals surface area (Å²) in [6.45, 7) is 3.01. The second-order valence-corrected chi connectivity index (χ2v) is 6.71. The molecule has 2 N–H and O–H groups in total. The van der Waals surface area contributed by atoms with Gasteiger partial charge in [0.15, 0.2) is 5.13 Å². The van der Waals surface area contributed by atoms with Crippen LogP contribution in [0.25, 0.3) is 0 Å². The Bertz CT molecular complexity index is 588. The number of anilines is 1. The molecule has 2 aromatic rings. The standard InChI is InChI=1S/C16H21N3S/c1-11-6-8-12(9-7-11)10-19(2)16-18-15-13(17)4-3-5-14(15)20-16/h6-9,13H,3-5,10,17H2,1-2H3. The fourth-order valence-electron chi connectivity index (χ4n) is 2.64. The fraction of sp³-hybridized carbons (Fsp3) is 0.438. The topological polar surface area (TPSA) is 42.2 Å². The van der Waals surface area contributed by atoms with Crippen LogP contribution < -0.4 is 10.6 Å². The Labute approximate surface area is 124 Å². The lowest BCUT2D eigenvalue weighted by atomic mass is 9.99. The number of nitrogens with zero attached hydrogens (tertiary/aromatic N) is 2. The van der Waals surface area contributed by atoms with Crippen molar-refractivity contribution >= 4 is 16.5 Å². The van der Waals surface area contributed by atoms with Crippen LogP contribution in [0, 0.1) is 6.92 Å². The quantitative estimate of drug-likeness (QED) is 0.940. The van der Waals surface area contributed by atoms with Crippen molar-refractivity contribution in [1.29, 1.82) is 0 Å². The molecule has 3 rings (SSSR count). The second-order valence-electron chi connectivity index (χ2n) is 5.65. The van der Waals surface area contributed by atoms with Gasteiger partial charge in [0.1, 0.15) is 0 Å². The molecular formula is C16H21N3S. The zero-order valence-corrected chi connectivity index (χ0v) is 12.9. The Hall–Kier alpha value is -1.39. The number of aryl methyl sites for hydroxylation is 2. The Morgan fingerprint density at radius 3 is 2.80 bits per heavy atom. The number of rotatable bonds is 3. The van der Waals surface area contributed by atoms with E-state index < -0.39 is 0 Å². The molecule has 1 aromatic heterocycles. The van der Waals surface area contributed by atoms with Gasteiger partial charge < -0.3 is 10.6 Å². The van der Waals surface area contributed by atoms with Gasteiger partial charge >= 0.3 is 0 Å². The van der Waals surface area contributed by atoms with E-state index >= 15 is 0 Å². The molecule has 106 valence electrons. The van der Waals surface area contributed by atoms with Crippen LogP contribution in [0.3, 0.4) is 0 Å². The van der Waals surface area contributed by atoms with Gasteiger partial charge in [0.2, 0.25) is 0 Å². The third kappa shape index (κ3) is 2.72. The maximum atomic E-state index is 6.15. The third-order valence-corrected chi connectivity index (χ3v) is 5.10. The highest BCUT2D eigenvalue weighted by Crippen LogP contribution is 2.35. The van der Waals surface area contributed by atoms with E-state index in [4.69, 9.17) is 10.7 Å². The van der Waals surface area contributed by atoms with E-state index in [1.165, 1.54) is 22.4 Å². The van der Waals surface area contributed by atoms with Crippen LogP contribution in [-0.2, 0) is 13.0 Å². The van der Waals surface area contributed by atoms with E-state index in [2.05, 4.69) is 43.1 Å². The number of aromatic nitrogens is 1. The van der Waals surface area contributed by atoms with Crippen LogP contribution in [0.1, 0.15) is 40.6 Å². The minimum atomic E-state index is 0.136. The zero-order chi connectivity index (χ0) is 14.1. The van der Waals surface area contributed by atoms with Gasteiger partial charge in [0.25, 0.3) is 0 Å². The predicted molar refractivity (Wildman–Crippen MR) is 85.3 cm³/mol. The molecule has 0 fully saturated rings. The number of fused-ring (bicyclic) bond motifs is 1. The maximum absolute atomic E-state index is 6.15. The molecule has 3 nitrogen and oxygen atoms in total. The molecule has 1 aromatic carbocycles. The molecule has 0 bridgehead atoms. The smallest absolute Gasteiger partial charge is 0.185 e. The van der Waals surface area contributed by atoms with Gasteiger partial charge in [0.05, 0.1) is 5.69 Å². The van der Waals surface area contributed by atoms with E-state index in [0.29, 0.717) is 0 Å². The third-order valence-electron chi connectivity index (χ3n) is 3.85. The van der Waals surface area contributed by atoms with Crippen LogP contribution in [0.15, 0.2) is 24.3 Å². The summed E-state index contributed by atoms with van der Waals surface area (Å²) in [5.41, 5.74) is 9.90. The van der Waals surface area contributed by atoms with Crippen LogP contribution >= 0.6 is 11.3 Å². The molecule has 0 radical (unpaired) electrons. The SMILES string of the molecule is Cc1ccc(CN(C)c2nc3c(s2)CCCC3N)cc1. The van der Waals surface area contributed by atoms with Crippen molar-refractivity contribution in [3.63, 3.8) is 0 Å². The van der Waals surface area contributed by atoms with Crippen molar-refractivity contribution in [3.05, 3.63) is 46.0 Å². The number of hydrogen-bond acceptors (Lipinski definition) is 4. The molecule has 1 aliphatic carbocycles. The minimum absolute atomic E-state index is 0.136. The first kappa shape index (κ1) is 13.6. The molecule has 1 heterocycles. The lowest BCUT2D eigenvalue weighted by molar-refractivity contribution is 0.563. The molecular weight excluding hydrogens is 266 g/mol. The van der Waals surface area contributed by atoms with E-state index in [1.54, 1.807) is 11.3 Å². The average molecular weight is 287 g/mol. The summed E-state index contributed by atoms with van der Waals surface area (Å²) in [6.07, 6.45) is 3.40. The fourth-order valence-corrected chi connectivity index (χ4v) is 3.77. The molecule has 0 spiro atoms. The Balaban J connectivity index is 1.77. The van der Waals surface area contributed by atoms with Crippen LogP contribution in [0.4, 0.5) is 5.13 Å². The molecule has 1 atom stereocenters. The van der Waals surface area contributed by atoms with Gasteiger partial charge in [-0.05, 0) is 31.7 Å². The molecule has 0 saturated carbocycles. The van der Waals surface area contributed by atoms with Crippen molar-refractivity contribution in [2.24, 2.45) is 5.73 Å². The van der Waals surface area contributed by atoms with Gasteiger partial charge in [-0.3, -0.25) is 0 Å². The lowest BCUT2D eigenvalue weighted by Gasteiger charge is -2.16. The second kappa shape index (κ2) is 5.54. The molecule has 1 aliphatic rings. The zero-order valence-electron chi connectivity index (χ0n) is 12.1. The summed E-state index contributed by atoms with van der Waals surface area (Å²) in [6, 6.07) is 8.82. The average Bonchev–Trinajstić information content (AvgIpc) is 2.87. The maximum Gasteiger partial charge on any atom is 0.185 e. The Morgan fingerprint density at radius 1 is 1.35 bits per heavy atom. The summed E-state index contributed by atoms with van der Waals surface area (Å²) in [7, 11) is 2.11. The molecule has 0 amide bonds. The predicted octanol–water partition coefficient (Wildman–Crippen LogP) is 3.42. The number of nitrogens with two attached hydrogens (primary N) is 1. The first-order valence-corrected chi connectivity index (χ1v) is 7.97. The first-order valence-electron chi connectivity index (χ1n) is 7.15. The lowest BCUT2D eigenvalue weighted by Crippen LogP contribution is -2.18. The van der Waals surface area contributed by atoms with Crippen LogP contribution in [-0.4, -0.2) is 12.0 Å². The van der Waals surface area contributed by atoms with Gasteiger partial charge in [-0.1, -0.05) is 29.8 Å². The molecule has 4 heteroatoms. The van der Waals surface area contributed by atoms with Crippen molar-refractivity contribution in [2.75, 3.05) is 11.9 Å². The summed E-state index contributed by atoms with van der Waals surface area (Å²) in [5.74, 6) is 0. The van der Waals surface area contributed by atoms with E-state index in [1.807, 2.05) is 0 Å². The largest absolute Gasteiger partial charge is 0.347 e. The Morgan fingerprint density at radius 2 is 2.10 bits per heavy atom. The van der Waals surface area contributed by atoms with Gasteiger partial charge in [0, 0.05) is 24.5 Å². The monoisotopic (exact) mass is 287 g/mol. The number of benzene rings is 1.